The Balaban J connectivity index is 1.87. The fourth-order valence-electron chi connectivity index (χ4n) is 2.82. The van der Waals surface area contributed by atoms with E-state index in [2.05, 4.69) is 29.2 Å². The van der Waals surface area contributed by atoms with E-state index in [1.54, 1.807) is 7.11 Å². The molecule has 2 aromatic rings. The van der Waals surface area contributed by atoms with Crippen LogP contribution in [0.1, 0.15) is 17.5 Å². The predicted octanol–water partition coefficient (Wildman–Crippen LogP) is 3.23. The van der Waals surface area contributed by atoms with Crippen molar-refractivity contribution in [2.24, 2.45) is 0 Å². The molecular weight excluding hydrogens is 248 g/mol. The molecular formula is C17H20N2O. The smallest absolute Gasteiger partial charge is 0.119 e. The summed E-state index contributed by atoms with van der Waals surface area (Å²) in [6, 6.07) is 14.5. The van der Waals surface area contributed by atoms with Gasteiger partial charge in [-0.05, 0) is 48.2 Å². The van der Waals surface area contributed by atoms with E-state index < -0.39 is 0 Å². The summed E-state index contributed by atoms with van der Waals surface area (Å²) in [5, 5.41) is 0. The van der Waals surface area contributed by atoms with Crippen molar-refractivity contribution in [1.29, 1.82) is 0 Å². The number of hydrogen-bond donors (Lipinski definition) is 1. The Morgan fingerprint density at radius 2 is 2.10 bits per heavy atom. The third-order valence-electron chi connectivity index (χ3n) is 3.83. The van der Waals surface area contributed by atoms with Crippen LogP contribution in [0.2, 0.25) is 0 Å². The molecule has 2 aromatic carbocycles. The van der Waals surface area contributed by atoms with Crippen molar-refractivity contribution >= 4 is 11.4 Å². The summed E-state index contributed by atoms with van der Waals surface area (Å²) in [6.45, 7) is 1.97. The Bertz CT molecular complexity index is 610. The maximum absolute atomic E-state index is 5.94. The van der Waals surface area contributed by atoms with E-state index in [1.807, 2.05) is 18.2 Å². The average Bonchev–Trinajstić information content (AvgIpc) is 2.48. The first kappa shape index (κ1) is 12.9. The Morgan fingerprint density at radius 3 is 2.95 bits per heavy atom. The van der Waals surface area contributed by atoms with Gasteiger partial charge in [-0.3, -0.25) is 0 Å². The quantitative estimate of drug-likeness (QED) is 0.869. The number of nitrogens with zero attached hydrogens (tertiary/aromatic N) is 1. The fraction of sp³-hybridized carbons (Fsp3) is 0.294. The zero-order valence-corrected chi connectivity index (χ0v) is 11.8. The number of aryl methyl sites for hydroxylation is 1. The van der Waals surface area contributed by atoms with Crippen LogP contribution in [-0.2, 0) is 13.0 Å². The third-order valence-corrected chi connectivity index (χ3v) is 3.83. The van der Waals surface area contributed by atoms with Gasteiger partial charge in [-0.15, -0.1) is 0 Å². The Kier molecular flexibility index (Phi) is 3.50. The highest BCUT2D eigenvalue weighted by Gasteiger charge is 2.17. The largest absolute Gasteiger partial charge is 0.497 e. The molecule has 1 aliphatic heterocycles. The van der Waals surface area contributed by atoms with Crippen molar-refractivity contribution in [3.63, 3.8) is 0 Å². The van der Waals surface area contributed by atoms with Gasteiger partial charge in [0.1, 0.15) is 5.75 Å². The minimum atomic E-state index is 0.835. The van der Waals surface area contributed by atoms with Crippen molar-refractivity contribution in [1.82, 2.24) is 0 Å². The lowest BCUT2D eigenvalue weighted by atomic mass is 10.0. The number of nitrogen functional groups attached to an aromatic ring is 1. The maximum Gasteiger partial charge on any atom is 0.119 e. The van der Waals surface area contributed by atoms with Gasteiger partial charge >= 0.3 is 0 Å². The Hall–Kier alpha value is -2.16. The molecule has 20 heavy (non-hydrogen) atoms. The fourth-order valence-corrected chi connectivity index (χ4v) is 2.82. The van der Waals surface area contributed by atoms with Crippen molar-refractivity contribution in [3.8, 4) is 5.75 Å². The summed E-state index contributed by atoms with van der Waals surface area (Å²) in [5.74, 6) is 0.910. The molecule has 0 spiro atoms. The lowest BCUT2D eigenvalue weighted by Crippen LogP contribution is -2.28. The van der Waals surface area contributed by atoms with E-state index in [0.29, 0.717) is 0 Å². The lowest BCUT2D eigenvalue weighted by molar-refractivity contribution is 0.414. The summed E-state index contributed by atoms with van der Waals surface area (Å²) in [4.78, 5) is 2.41. The van der Waals surface area contributed by atoms with Crippen LogP contribution in [0, 0.1) is 0 Å². The van der Waals surface area contributed by atoms with E-state index in [-0.39, 0.29) is 0 Å². The second-order valence-corrected chi connectivity index (χ2v) is 5.26. The van der Waals surface area contributed by atoms with Gasteiger partial charge in [-0.1, -0.05) is 18.2 Å². The predicted molar refractivity (Wildman–Crippen MR) is 83.2 cm³/mol. The number of fused-ring (bicyclic) bond motifs is 1. The van der Waals surface area contributed by atoms with Crippen LogP contribution in [-0.4, -0.2) is 13.7 Å². The molecule has 3 nitrogen and oxygen atoms in total. The molecule has 3 heteroatoms. The van der Waals surface area contributed by atoms with E-state index >= 15 is 0 Å². The minimum absolute atomic E-state index is 0.835. The summed E-state index contributed by atoms with van der Waals surface area (Å²) in [5.41, 5.74) is 10.7. The van der Waals surface area contributed by atoms with Gasteiger partial charge in [0, 0.05) is 24.5 Å². The molecule has 2 N–H and O–H groups in total. The number of rotatable bonds is 3. The minimum Gasteiger partial charge on any atom is -0.497 e. The van der Waals surface area contributed by atoms with Crippen molar-refractivity contribution in [2.75, 3.05) is 24.3 Å². The zero-order valence-electron chi connectivity index (χ0n) is 11.8. The highest BCUT2D eigenvalue weighted by atomic mass is 16.5. The number of ether oxygens (including phenoxy) is 1. The summed E-state index contributed by atoms with van der Waals surface area (Å²) in [6.07, 6.45) is 2.34. The van der Waals surface area contributed by atoms with E-state index in [4.69, 9.17) is 10.5 Å². The van der Waals surface area contributed by atoms with Gasteiger partial charge < -0.3 is 15.4 Å². The van der Waals surface area contributed by atoms with Crippen LogP contribution in [0.25, 0.3) is 0 Å². The van der Waals surface area contributed by atoms with Crippen LogP contribution in [0.3, 0.4) is 0 Å². The molecule has 1 aliphatic rings. The molecule has 1 heterocycles. The summed E-state index contributed by atoms with van der Waals surface area (Å²) < 4.78 is 5.29. The number of benzene rings is 2. The molecule has 0 amide bonds. The van der Waals surface area contributed by atoms with Crippen LogP contribution >= 0.6 is 0 Å². The van der Waals surface area contributed by atoms with Crippen molar-refractivity contribution in [3.05, 3.63) is 53.6 Å². The van der Waals surface area contributed by atoms with Crippen LogP contribution < -0.4 is 15.4 Å². The van der Waals surface area contributed by atoms with Crippen LogP contribution in [0.15, 0.2) is 42.5 Å². The summed E-state index contributed by atoms with van der Waals surface area (Å²) >= 11 is 0. The number of anilines is 2. The van der Waals surface area contributed by atoms with Crippen molar-refractivity contribution in [2.45, 2.75) is 19.4 Å². The lowest BCUT2D eigenvalue weighted by Gasteiger charge is -2.31. The Morgan fingerprint density at radius 1 is 1.20 bits per heavy atom. The van der Waals surface area contributed by atoms with Crippen LogP contribution in [0.4, 0.5) is 11.4 Å². The SMILES string of the molecule is COc1cccc(CN2CCCc3ccc(N)cc32)c1. The van der Waals surface area contributed by atoms with Crippen LogP contribution in [0.5, 0.6) is 5.75 Å². The van der Waals surface area contributed by atoms with Gasteiger partial charge in [0.2, 0.25) is 0 Å². The van der Waals surface area contributed by atoms with Crippen molar-refractivity contribution < 1.29 is 4.74 Å². The molecule has 0 bridgehead atoms. The van der Waals surface area contributed by atoms with Gasteiger partial charge in [-0.25, -0.2) is 0 Å². The monoisotopic (exact) mass is 268 g/mol. The molecule has 0 saturated carbocycles. The molecule has 0 unspecified atom stereocenters. The molecule has 0 atom stereocenters. The Labute approximate surface area is 120 Å². The maximum atomic E-state index is 5.94. The normalized spacial score (nSPS) is 13.9. The highest BCUT2D eigenvalue weighted by molar-refractivity contribution is 5.62. The van der Waals surface area contributed by atoms with E-state index in [9.17, 15) is 0 Å². The number of methoxy groups -OCH3 is 1. The second-order valence-electron chi connectivity index (χ2n) is 5.26. The van der Waals surface area contributed by atoms with E-state index in [0.717, 1.165) is 30.9 Å². The zero-order chi connectivity index (χ0) is 13.9. The molecule has 0 radical (unpaired) electrons. The molecule has 0 saturated heterocycles. The number of hydrogen-bond acceptors (Lipinski definition) is 3. The third kappa shape index (κ3) is 2.57. The standard InChI is InChI=1S/C17H20N2O/c1-20-16-6-2-4-13(10-16)12-19-9-3-5-14-7-8-15(18)11-17(14)19/h2,4,6-8,10-11H,3,5,9,12,18H2,1H3. The van der Waals surface area contributed by atoms with Gasteiger partial charge in [0.25, 0.3) is 0 Å². The van der Waals surface area contributed by atoms with E-state index in [1.165, 1.54) is 23.2 Å². The second kappa shape index (κ2) is 5.45. The first-order valence-corrected chi connectivity index (χ1v) is 7.02. The van der Waals surface area contributed by atoms with Gasteiger partial charge in [0.15, 0.2) is 0 Å². The first-order chi connectivity index (χ1) is 9.76. The molecule has 0 fully saturated rings. The molecule has 3 rings (SSSR count). The topological polar surface area (TPSA) is 38.5 Å². The molecule has 0 aromatic heterocycles. The van der Waals surface area contributed by atoms with Gasteiger partial charge in [-0.2, -0.15) is 0 Å². The first-order valence-electron chi connectivity index (χ1n) is 7.02. The molecule has 104 valence electrons. The molecule has 0 aliphatic carbocycles. The van der Waals surface area contributed by atoms with Gasteiger partial charge in [0.05, 0.1) is 7.11 Å². The average molecular weight is 268 g/mol. The number of nitrogens with two attached hydrogens (primary N) is 1. The summed E-state index contributed by atoms with van der Waals surface area (Å²) in [7, 11) is 1.70. The highest BCUT2D eigenvalue weighted by Crippen LogP contribution is 2.30.